The van der Waals surface area contributed by atoms with E-state index in [0.717, 1.165) is 11.6 Å². The molecule has 0 saturated heterocycles. The highest BCUT2D eigenvalue weighted by atomic mass is 19.1. The number of anilines is 1. The SMILES string of the molecule is CCC(C)N(C(=O)n1nnn(-c2c(F)cccc2OC)c1=O)c1cccc(C(=O)OCc2ccccc2)c1. The Hall–Kier alpha value is -4.80. The van der Waals surface area contributed by atoms with Crippen molar-refractivity contribution in [2.24, 2.45) is 0 Å². The highest BCUT2D eigenvalue weighted by Crippen LogP contribution is 2.24. The number of benzene rings is 3. The summed E-state index contributed by atoms with van der Waals surface area (Å²) in [4.78, 5) is 40.8. The molecule has 0 bridgehead atoms. The minimum absolute atomic E-state index is 0.0482. The minimum Gasteiger partial charge on any atom is -0.494 e. The van der Waals surface area contributed by atoms with Crippen molar-refractivity contribution in [3.05, 3.63) is 100 Å². The number of tetrazole rings is 1. The van der Waals surface area contributed by atoms with Gasteiger partial charge in [-0.2, -0.15) is 4.68 Å². The highest BCUT2D eigenvalue weighted by Gasteiger charge is 2.28. The van der Waals surface area contributed by atoms with Gasteiger partial charge in [-0.1, -0.05) is 49.4 Å². The third-order valence-electron chi connectivity index (χ3n) is 5.95. The molecule has 0 aliphatic heterocycles. The first-order valence-corrected chi connectivity index (χ1v) is 11.9. The molecule has 11 heteroatoms. The van der Waals surface area contributed by atoms with E-state index in [1.54, 1.807) is 25.1 Å². The molecular weight excluding hydrogens is 493 g/mol. The molecule has 10 nitrogen and oxygen atoms in total. The Morgan fingerprint density at radius 3 is 2.47 bits per heavy atom. The van der Waals surface area contributed by atoms with Gasteiger partial charge in [0.25, 0.3) is 0 Å². The lowest BCUT2D eigenvalue weighted by Gasteiger charge is -2.28. The van der Waals surface area contributed by atoms with E-state index < -0.39 is 29.5 Å². The molecule has 4 rings (SSSR count). The van der Waals surface area contributed by atoms with E-state index in [0.29, 0.717) is 21.5 Å². The van der Waals surface area contributed by atoms with E-state index in [9.17, 15) is 18.8 Å². The molecule has 3 aromatic carbocycles. The van der Waals surface area contributed by atoms with E-state index in [1.807, 2.05) is 37.3 Å². The van der Waals surface area contributed by atoms with Crippen LogP contribution in [0.3, 0.4) is 0 Å². The maximum atomic E-state index is 14.6. The minimum atomic E-state index is -0.981. The highest BCUT2D eigenvalue weighted by molar-refractivity contribution is 5.96. The summed E-state index contributed by atoms with van der Waals surface area (Å²) in [6, 6.07) is 18.4. The second-order valence-electron chi connectivity index (χ2n) is 8.40. The Labute approximate surface area is 217 Å². The lowest BCUT2D eigenvalue weighted by Crippen LogP contribution is -2.45. The van der Waals surface area contributed by atoms with Crippen molar-refractivity contribution < 1.29 is 23.5 Å². The second-order valence-corrected chi connectivity index (χ2v) is 8.40. The van der Waals surface area contributed by atoms with Crippen LogP contribution in [0.5, 0.6) is 5.75 Å². The fourth-order valence-electron chi connectivity index (χ4n) is 3.80. The van der Waals surface area contributed by atoms with Gasteiger partial charge >= 0.3 is 17.7 Å². The number of carbonyl (C=O) groups excluding carboxylic acids is 2. The summed E-state index contributed by atoms with van der Waals surface area (Å²) in [6.45, 7) is 3.75. The Balaban J connectivity index is 1.65. The number of halogens is 1. The standard InChI is InChI=1S/C27H26FN5O5/c1-4-18(2)31(21-13-8-12-20(16-21)25(34)38-17-19-10-6-5-7-11-19)26(35)33-27(36)32(29-30-33)24-22(28)14-9-15-23(24)37-3/h5-16,18H,4,17H2,1-3H3. The molecule has 0 fully saturated rings. The number of esters is 1. The monoisotopic (exact) mass is 519 g/mol. The number of ether oxygens (including phenoxy) is 2. The summed E-state index contributed by atoms with van der Waals surface area (Å²) in [5.41, 5.74) is 0.167. The van der Waals surface area contributed by atoms with Crippen molar-refractivity contribution in [2.75, 3.05) is 12.0 Å². The zero-order chi connectivity index (χ0) is 27.2. The van der Waals surface area contributed by atoms with Crippen LogP contribution in [-0.2, 0) is 11.3 Å². The average molecular weight is 520 g/mol. The van der Waals surface area contributed by atoms with E-state index in [4.69, 9.17) is 9.47 Å². The van der Waals surface area contributed by atoms with Crippen molar-refractivity contribution in [3.8, 4) is 11.4 Å². The summed E-state index contributed by atoms with van der Waals surface area (Å²) in [7, 11) is 1.32. The molecule has 0 radical (unpaired) electrons. The van der Waals surface area contributed by atoms with Gasteiger partial charge in [-0.05, 0) is 59.7 Å². The van der Waals surface area contributed by atoms with Crippen molar-refractivity contribution in [2.45, 2.75) is 32.9 Å². The predicted octanol–water partition coefficient (Wildman–Crippen LogP) is 4.21. The van der Waals surface area contributed by atoms with E-state index in [2.05, 4.69) is 10.4 Å². The number of rotatable bonds is 8. The molecule has 4 aromatic rings. The van der Waals surface area contributed by atoms with Gasteiger partial charge in [0.2, 0.25) is 0 Å². The van der Waals surface area contributed by atoms with Crippen LogP contribution in [0.15, 0.2) is 77.6 Å². The van der Waals surface area contributed by atoms with Gasteiger partial charge in [-0.15, -0.1) is 4.68 Å². The van der Waals surface area contributed by atoms with Gasteiger partial charge in [0.15, 0.2) is 5.82 Å². The van der Waals surface area contributed by atoms with Crippen LogP contribution in [0.25, 0.3) is 5.69 Å². The molecule has 1 aromatic heterocycles. The normalized spacial score (nSPS) is 11.6. The largest absolute Gasteiger partial charge is 0.494 e. The first-order chi connectivity index (χ1) is 18.3. The number of amides is 1. The van der Waals surface area contributed by atoms with Crippen molar-refractivity contribution in [1.29, 1.82) is 0 Å². The first kappa shape index (κ1) is 26.3. The maximum absolute atomic E-state index is 14.6. The van der Waals surface area contributed by atoms with Crippen LogP contribution in [-0.4, -0.2) is 44.9 Å². The van der Waals surface area contributed by atoms with Crippen LogP contribution in [0.4, 0.5) is 14.9 Å². The smallest absolute Gasteiger partial charge is 0.377 e. The topological polar surface area (TPSA) is 109 Å². The molecule has 0 aliphatic carbocycles. The lowest BCUT2D eigenvalue weighted by atomic mass is 10.1. The predicted molar refractivity (Wildman–Crippen MR) is 137 cm³/mol. The van der Waals surface area contributed by atoms with Crippen molar-refractivity contribution in [3.63, 3.8) is 0 Å². The van der Waals surface area contributed by atoms with Crippen molar-refractivity contribution in [1.82, 2.24) is 19.8 Å². The van der Waals surface area contributed by atoms with Gasteiger partial charge in [-0.3, -0.25) is 4.90 Å². The van der Waals surface area contributed by atoms with Crippen LogP contribution in [0, 0.1) is 5.82 Å². The molecule has 0 N–H and O–H groups in total. The first-order valence-electron chi connectivity index (χ1n) is 11.9. The summed E-state index contributed by atoms with van der Waals surface area (Å²) < 4.78 is 26.3. The van der Waals surface area contributed by atoms with E-state index in [1.165, 1.54) is 30.2 Å². The van der Waals surface area contributed by atoms with Crippen molar-refractivity contribution >= 4 is 17.7 Å². The van der Waals surface area contributed by atoms with Crippen LogP contribution >= 0.6 is 0 Å². The van der Waals surface area contributed by atoms with Gasteiger partial charge < -0.3 is 9.47 Å². The number of methoxy groups -OCH3 is 1. The molecule has 0 aliphatic rings. The van der Waals surface area contributed by atoms with Crippen LogP contribution in [0.1, 0.15) is 36.2 Å². The molecular formula is C27H26FN5O5. The summed E-state index contributed by atoms with van der Waals surface area (Å²) >= 11 is 0. The summed E-state index contributed by atoms with van der Waals surface area (Å²) in [6.07, 6.45) is 0.526. The Morgan fingerprint density at radius 1 is 1.03 bits per heavy atom. The number of nitrogens with zero attached hydrogens (tertiary/aromatic N) is 5. The molecule has 1 heterocycles. The number of hydrogen-bond donors (Lipinski definition) is 0. The Morgan fingerprint density at radius 2 is 1.76 bits per heavy atom. The second kappa shape index (κ2) is 11.5. The number of hydrogen-bond acceptors (Lipinski definition) is 7. The fourth-order valence-corrected chi connectivity index (χ4v) is 3.80. The molecule has 196 valence electrons. The zero-order valence-corrected chi connectivity index (χ0v) is 21.1. The molecule has 1 unspecified atom stereocenters. The Bertz CT molecular complexity index is 1500. The van der Waals surface area contributed by atoms with Gasteiger partial charge in [-0.25, -0.2) is 18.8 Å². The molecule has 1 atom stereocenters. The van der Waals surface area contributed by atoms with E-state index >= 15 is 0 Å². The molecule has 0 spiro atoms. The molecule has 1 amide bonds. The molecule has 38 heavy (non-hydrogen) atoms. The summed E-state index contributed by atoms with van der Waals surface area (Å²) in [5.74, 6) is -1.29. The van der Waals surface area contributed by atoms with Crippen LogP contribution < -0.4 is 15.3 Å². The van der Waals surface area contributed by atoms with Crippen LogP contribution in [0.2, 0.25) is 0 Å². The lowest BCUT2D eigenvalue weighted by molar-refractivity contribution is 0.0472. The maximum Gasteiger partial charge on any atom is 0.377 e. The van der Waals surface area contributed by atoms with Gasteiger partial charge in [0.05, 0.1) is 12.7 Å². The van der Waals surface area contributed by atoms with Gasteiger partial charge in [0, 0.05) is 11.7 Å². The zero-order valence-electron chi connectivity index (χ0n) is 21.1. The average Bonchev–Trinajstić information content (AvgIpc) is 3.32. The number of para-hydroxylation sites is 1. The number of aromatic nitrogens is 4. The Kier molecular flexibility index (Phi) is 7.95. The fraction of sp³-hybridized carbons (Fsp3) is 0.222. The quantitative estimate of drug-likeness (QED) is 0.253. The third kappa shape index (κ3) is 5.31. The summed E-state index contributed by atoms with van der Waals surface area (Å²) in [5, 5.41) is 7.42. The third-order valence-corrected chi connectivity index (χ3v) is 5.95. The van der Waals surface area contributed by atoms with E-state index in [-0.39, 0.29) is 23.6 Å². The molecule has 0 saturated carbocycles. The van der Waals surface area contributed by atoms with Gasteiger partial charge in [0.1, 0.15) is 18.0 Å². The number of carbonyl (C=O) groups is 2.